The number of aryl methyl sites for hydroxylation is 1. The fraction of sp³-hybridized carbons (Fsp3) is 0.500. The van der Waals surface area contributed by atoms with Crippen LogP contribution in [0.5, 0.6) is 0 Å². The molecule has 1 saturated carbocycles. The van der Waals surface area contributed by atoms with Crippen LogP contribution in [-0.4, -0.2) is 34.4 Å². The minimum absolute atomic E-state index is 0.0549. The second kappa shape index (κ2) is 12.2. The summed E-state index contributed by atoms with van der Waals surface area (Å²) < 4.78 is 51.2. The van der Waals surface area contributed by atoms with Crippen molar-refractivity contribution >= 4 is 17.1 Å². The van der Waals surface area contributed by atoms with Gasteiger partial charge in [0.15, 0.2) is 17.4 Å². The molecule has 1 fully saturated rings. The van der Waals surface area contributed by atoms with Crippen molar-refractivity contribution in [3.63, 3.8) is 0 Å². The molecule has 230 valence electrons. The predicted octanol–water partition coefficient (Wildman–Crippen LogP) is 5.36. The first kappa shape index (κ1) is 30.3. The van der Waals surface area contributed by atoms with E-state index in [1.165, 1.54) is 30.6 Å². The van der Waals surface area contributed by atoms with E-state index < -0.39 is 29.2 Å². The van der Waals surface area contributed by atoms with Gasteiger partial charge in [0.2, 0.25) is 0 Å². The van der Waals surface area contributed by atoms with E-state index in [1.54, 1.807) is 26.1 Å². The Morgan fingerprint density at radius 3 is 2.53 bits per heavy atom. The number of benzene rings is 1. The summed E-state index contributed by atoms with van der Waals surface area (Å²) in [5.74, 6) is -0.324. The largest absolute Gasteiger partial charge is 0.441 e. The third kappa shape index (κ3) is 6.02. The van der Waals surface area contributed by atoms with Crippen LogP contribution in [0.2, 0.25) is 0 Å². The fourth-order valence-corrected chi connectivity index (χ4v) is 5.78. The summed E-state index contributed by atoms with van der Waals surface area (Å²) in [6.07, 6.45) is 2.69. The maximum atomic E-state index is 13.8. The second-order valence-electron chi connectivity index (χ2n) is 11.0. The zero-order valence-electron chi connectivity index (χ0n) is 24.4. The van der Waals surface area contributed by atoms with Crippen LogP contribution in [0.15, 0.2) is 46.2 Å². The molecule has 3 aromatic heterocycles. The molecule has 0 bridgehead atoms. The zero-order valence-corrected chi connectivity index (χ0v) is 24.4. The van der Waals surface area contributed by atoms with E-state index in [1.807, 2.05) is 6.92 Å². The maximum absolute atomic E-state index is 13.8. The first-order valence-corrected chi connectivity index (χ1v) is 14.7. The zero-order chi connectivity index (χ0) is 30.9. The number of esters is 1. The number of imidazole rings is 1. The van der Waals surface area contributed by atoms with E-state index in [0.29, 0.717) is 17.5 Å². The van der Waals surface area contributed by atoms with Crippen molar-refractivity contribution in [3.8, 4) is 11.4 Å². The lowest BCUT2D eigenvalue weighted by Gasteiger charge is -2.24. The summed E-state index contributed by atoms with van der Waals surface area (Å²) >= 11 is 0. The standard InChI is InChI=1S/C30H35F3N6O4/c1-4-14-38-27(40)24-26(37(5-2)29(38)42)35-25(39(24)19(3)43-28(41)21-11-7-6-8-12-21)22-16-34-36(18-22)17-20-10-9-13-23(15-20)30(31,32)33/h9-10,13,15-16,18-19,21H,4-8,11-12,14,17H2,1-3H3. The van der Waals surface area contributed by atoms with Crippen molar-refractivity contribution in [1.82, 2.24) is 28.5 Å². The summed E-state index contributed by atoms with van der Waals surface area (Å²) in [5.41, 5.74) is -0.651. The van der Waals surface area contributed by atoms with Gasteiger partial charge in [-0.15, -0.1) is 0 Å². The number of hydrogen-bond donors (Lipinski definition) is 0. The summed E-state index contributed by atoms with van der Waals surface area (Å²) in [7, 11) is 0. The average Bonchev–Trinajstić information content (AvgIpc) is 3.61. The van der Waals surface area contributed by atoms with Crippen molar-refractivity contribution < 1.29 is 22.7 Å². The number of ether oxygens (including phenoxy) is 1. The highest BCUT2D eigenvalue weighted by Gasteiger charge is 2.31. The number of halogens is 3. The van der Waals surface area contributed by atoms with Crippen molar-refractivity contribution in [3.05, 3.63) is 68.6 Å². The Labute approximate surface area is 245 Å². The molecule has 4 aromatic rings. The Bertz CT molecular complexity index is 1740. The van der Waals surface area contributed by atoms with Crippen LogP contribution in [-0.2, 0) is 35.3 Å². The van der Waals surface area contributed by atoms with Crippen LogP contribution in [0.25, 0.3) is 22.6 Å². The molecule has 10 nitrogen and oxygen atoms in total. The molecule has 13 heteroatoms. The van der Waals surface area contributed by atoms with Crippen LogP contribution < -0.4 is 11.2 Å². The normalized spacial score (nSPS) is 15.2. The van der Waals surface area contributed by atoms with Crippen molar-refractivity contribution in [1.29, 1.82) is 0 Å². The highest BCUT2D eigenvalue weighted by Crippen LogP contribution is 2.32. The third-order valence-corrected chi connectivity index (χ3v) is 7.90. The van der Waals surface area contributed by atoms with Gasteiger partial charge >= 0.3 is 17.8 Å². The van der Waals surface area contributed by atoms with Crippen LogP contribution in [0.4, 0.5) is 13.2 Å². The Hall–Kier alpha value is -4.16. The number of carbonyl (C=O) groups excluding carboxylic acids is 1. The van der Waals surface area contributed by atoms with E-state index in [-0.39, 0.29) is 48.5 Å². The fourth-order valence-electron chi connectivity index (χ4n) is 5.78. The van der Waals surface area contributed by atoms with Crippen LogP contribution in [0.3, 0.4) is 0 Å². The monoisotopic (exact) mass is 600 g/mol. The summed E-state index contributed by atoms with van der Waals surface area (Å²) in [6.45, 7) is 5.81. The molecular formula is C30H35F3N6O4. The molecule has 0 saturated heterocycles. The van der Waals surface area contributed by atoms with Gasteiger partial charge in [0.25, 0.3) is 5.56 Å². The average molecular weight is 601 g/mol. The van der Waals surface area contributed by atoms with E-state index in [2.05, 4.69) is 5.10 Å². The van der Waals surface area contributed by atoms with Gasteiger partial charge in [-0.05, 0) is 50.8 Å². The Morgan fingerprint density at radius 1 is 1.12 bits per heavy atom. The van der Waals surface area contributed by atoms with Gasteiger partial charge < -0.3 is 4.74 Å². The molecule has 1 aliphatic carbocycles. The first-order valence-electron chi connectivity index (χ1n) is 14.7. The Morgan fingerprint density at radius 2 is 1.86 bits per heavy atom. The van der Waals surface area contributed by atoms with Crippen LogP contribution >= 0.6 is 0 Å². The number of aromatic nitrogens is 6. The van der Waals surface area contributed by atoms with Crippen LogP contribution in [0, 0.1) is 5.92 Å². The van der Waals surface area contributed by atoms with Crippen LogP contribution in [0.1, 0.15) is 76.7 Å². The number of rotatable bonds is 9. The number of nitrogens with zero attached hydrogens (tertiary/aromatic N) is 6. The molecule has 1 aromatic carbocycles. The predicted molar refractivity (Wildman–Crippen MR) is 153 cm³/mol. The number of carbonyl (C=O) groups is 1. The second-order valence-corrected chi connectivity index (χ2v) is 11.0. The van der Waals surface area contributed by atoms with Gasteiger partial charge in [-0.25, -0.2) is 9.78 Å². The molecule has 0 N–H and O–H groups in total. The number of hydrogen-bond acceptors (Lipinski definition) is 6. The molecule has 43 heavy (non-hydrogen) atoms. The van der Waals surface area contributed by atoms with Gasteiger partial charge in [-0.3, -0.25) is 28.0 Å². The number of alkyl halides is 3. The molecule has 1 aliphatic rings. The molecule has 3 heterocycles. The lowest BCUT2D eigenvalue weighted by Crippen LogP contribution is -2.40. The van der Waals surface area contributed by atoms with Crippen molar-refractivity contribution in [2.75, 3.05) is 0 Å². The molecule has 1 atom stereocenters. The third-order valence-electron chi connectivity index (χ3n) is 7.90. The lowest BCUT2D eigenvalue weighted by atomic mass is 9.89. The van der Waals surface area contributed by atoms with Crippen molar-refractivity contribution in [2.45, 2.75) is 91.3 Å². The molecule has 1 unspecified atom stereocenters. The van der Waals surface area contributed by atoms with Gasteiger partial charge in [0.05, 0.1) is 29.8 Å². The minimum atomic E-state index is -4.47. The van der Waals surface area contributed by atoms with E-state index in [0.717, 1.165) is 44.2 Å². The maximum Gasteiger partial charge on any atom is 0.416 e. The lowest BCUT2D eigenvalue weighted by molar-refractivity contribution is -0.158. The molecular weight excluding hydrogens is 565 g/mol. The topological polar surface area (TPSA) is 106 Å². The minimum Gasteiger partial charge on any atom is -0.441 e. The highest BCUT2D eigenvalue weighted by atomic mass is 19.4. The van der Waals surface area contributed by atoms with E-state index in [4.69, 9.17) is 9.72 Å². The van der Waals surface area contributed by atoms with Crippen molar-refractivity contribution in [2.24, 2.45) is 5.92 Å². The number of fused-ring (bicyclic) bond motifs is 1. The van der Waals surface area contributed by atoms with Gasteiger partial charge in [-0.1, -0.05) is 38.3 Å². The smallest absolute Gasteiger partial charge is 0.416 e. The molecule has 5 rings (SSSR count). The van der Waals surface area contributed by atoms with Gasteiger partial charge in [0, 0.05) is 19.3 Å². The van der Waals surface area contributed by atoms with Gasteiger partial charge in [-0.2, -0.15) is 18.3 Å². The van der Waals surface area contributed by atoms with E-state index >= 15 is 0 Å². The Kier molecular flexibility index (Phi) is 8.61. The molecule has 0 radical (unpaired) electrons. The molecule has 0 amide bonds. The van der Waals surface area contributed by atoms with Gasteiger partial charge in [0.1, 0.15) is 5.82 Å². The summed E-state index contributed by atoms with van der Waals surface area (Å²) in [4.78, 5) is 44.8. The molecule has 0 spiro atoms. The Balaban J connectivity index is 1.60. The summed E-state index contributed by atoms with van der Waals surface area (Å²) in [6, 6.07) is 5.00. The summed E-state index contributed by atoms with van der Waals surface area (Å²) in [5, 5.41) is 4.34. The SMILES string of the molecule is CCCn1c(=O)c2c(nc(-c3cnn(Cc4cccc(C(F)(F)F)c4)c3)n2C(C)OC(=O)C2CCCCC2)n(CC)c1=O. The van der Waals surface area contributed by atoms with E-state index in [9.17, 15) is 27.6 Å². The first-order chi connectivity index (χ1) is 20.5. The quantitative estimate of drug-likeness (QED) is 0.240. The highest BCUT2D eigenvalue weighted by molar-refractivity contribution is 5.78. The molecule has 0 aliphatic heterocycles.